The van der Waals surface area contributed by atoms with Crippen LogP contribution in [-0.2, 0) is 9.53 Å². The van der Waals surface area contributed by atoms with Crippen molar-refractivity contribution in [3.63, 3.8) is 0 Å². The second kappa shape index (κ2) is 11.0. The fourth-order valence-electron chi connectivity index (χ4n) is 1.61. The first-order valence-corrected chi connectivity index (χ1v) is 7.37. The molecule has 1 aromatic rings. The van der Waals surface area contributed by atoms with E-state index in [1.807, 2.05) is 12.1 Å². The Balaban J connectivity index is 2.21. The molecule has 0 fully saturated rings. The van der Waals surface area contributed by atoms with Gasteiger partial charge in [0.15, 0.2) is 6.61 Å². The summed E-state index contributed by atoms with van der Waals surface area (Å²) in [6.45, 7) is 4.10. The van der Waals surface area contributed by atoms with Crippen molar-refractivity contribution in [3.8, 4) is 11.5 Å². The predicted octanol–water partition coefficient (Wildman–Crippen LogP) is 2.40. The van der Waals surface area contributed by atoms with Crippen LogP contribution in [0.2, 0.25) is 0 Å². The number of nitrogens with one attached hydrogen (secondary N) is 1. The van der Waals surface area contributed by atoms with Gasteiger partial charge in [0.1, 0.15) is 11.5 Å². The van der Waals surface area contributed by atoms with E-state index in [2.05, 4.69) is 12.2 Å². The monoisotopic (exact) mass is 295 g/mol. The SMILES string of the molecule is CCCCOc1ccc(OCC(=O)NCCCOC)cc1. The van der Waals surface area contributed by atoms with Gasteiger partial charge in [-0.05, 0) is 37.1 Å². The highest BCUT2D eigenvalue weighted by atomic mass is 16.5. The third-order valence-electron chi connectivity index (χ3n) is 2.81. The smallest absolute Gasteiger partial charge is 0.257 e. The molecule has 0 aliphatic heterocycles. The van der Waals surface area contributed by atoms with Crippen LogP contribution >= 0.6 is 0 Å². The number of rotatable bonds is 11. The molecule has 5 heteroatoms. The van der Waals surface area contributed by atoms with Crippen LogP contribution in [0.3, 0.4) is 0 Å². The first-order chi connectivity index (χ1) is 10.3. The number of unbranched alkanes of at least 4 members (excludes halogenated alkanes) is 1. The van der Waals surface area contributed by atoms with E-state index in [1.54, 1.807) is 19.2 Å². The van der Waals surface area contributed by atoms with Gasteiger partial charge in [-0.15, -0.1) is 0 Å². The average Bonchev–Trinajstić information content (AvgIpc) is 2.51. The molecule has 0 spiro atoms. The molecule has 0 radical (unpaired) electrons. The van der Waals surface area contributed by atoms with Crippen LogP contribution in [0, 0.1) is 0 Å². The molecule has 0 unspecified atom stereocenters. The molecular weight excluding hydrogens is 270 g/mol. The van der Waals surface area contributed by atoms with Gasteiger partial charge in [0.05, 0.1) is 6.61 Å². The summed E-state index contributed by atoms with van der Waals surface area (Å²) in [7, 11) is 1.64. The quantitative estimate of drug-likeness (QED) is 0.637. The van der Waals surface area contributed by atoms with E-state index in [9.17, 15) is 4.79 Å². The second-order valence-corrected chi connectivity index (χ2v) is 4.66. The van der Waals surface area contributed by atoms with E-state index in [0.717, 1.165) is 31.6 Å². The van der Waals surface area contributed by atoms with Gasteiger partial charge in [-0.25, -0.2) is 0 Å². The summed E-state index contributed by atoms with van der Waals surface area (Å²) in [6, 6.07) is 7.31. The third-order valence-corrected chi connectivity index (χ3v) is 2.81. The van der Waals surface area contributed by atoms with E-state index in [0.29, 0.717) is 18.9 Å². The summed E-state index contributed by atoms with van der Waals surface area (Å²) < 4.78 is 15.9. The molecule has 1 aromatic carbocycles. The zero-order chi connectivity index (χ0) is 15.3. The van der Waals surface area contributed by atoms with Gasteiger partial charge in [-0.1, -0.05) is 13.3 Å². The van der Waals surface area contributed by atoms with E-state index >= 15 is 0 Å². The zero-order valence-corrected chi connectivity index (χ0v) is 12.9. The van der Waals surface area contributed by atoms with Crippen LogP contribution in [-0.4, -0.2) is 39.4 Å². The van der Waals surface area contributed by atoms with Crippen molar-refractivity contribution in [3.05, 3.63) is 24.3 Å². The Morgan fingerprint density at radius 1 is 1.05 bits per heavy atom. The molecule has 0 atom stereocenters. The van der Waals surface area contributed by atoms with Crippen LogP contribution in [0.25, 0.3) is 0 Å². The molecule has 1 amide bonds. The lowest BCUT2D eigenvalue weighted by Gasteiger charge is -2.09. The van der Waals surface area contributed by atoms with Gasteiger partial charge < -0.3 is 19.5 Å². The van der Waals surface area contributed by atoms with Crippen molar-refractivity contribution in [2.45, 2.75) is 26.2 Å². The normalized spacial score (nSPS) is 10.2. The van der Waals surface area contributed by atoms with Gasteiger partial charge in [0.2, 0.25) is 0 Å². The highest BCUT2D eigenvalue weighted by Gasteiger charge is 2.02. The Morgan fingerprint density at radius 3 is 2.33 bits per heavy atom. The molecule has 1 N–H and O–H groups in total. The lowest BCUT2D eigenvalue weighted by atomic mass is 10.3. The lowest BCUT2D eigenvalue weighted by molar-refractivity contribution is -0.123. The number of hydrogen-bond donors (Lipinski definition) is 1. The van der Waals surface area contributed by atoms with Crippen LogP contribution in [0.5, 0.6) is 11.5 Å². The zero-order valence-electron chi connectivity index (χ0n) is 12.9. The highest BCUT2D eigenvalue weighted by molar-refractivity contribution is 5.77. The standard InChI is InChI=1S/C16H25NO4/c1-3-4-12-20-14-6-8-15(9-7-14)21-13-16(18)17-10-5-11-19-2/h6-9H,3-5,10-13H2,1-2H3,(H,17,18). The molecule has 118 valence electrons. The highest BCUT2D eigenvalue weighted by Crippen LogP contribution is 2.17. The maximum Gasteiger partial charge on any atom is 0.257 e. The number of ether oxygens (including phenoxy) is 3. The number of amides is 1. The Bertz CT molecular complexity index is 392. The lowest BCUT2D eigenvalue weighted by Crippen LogP contribution is -2.30. The minimum atomic E-state index is -0.130. The van der Waals surface area contributed by atoms with E-state index in [1.165, 1.54) is 0 Å². The van der Waals surface area contributed by atoms with E-state index in [4.69, 9.17) is 14.2 Å². The number of hydrogen-bond acceptors (Lipinski definition) is 4. The number of benzene rings is 1. The van der Waals surface area contributed by atoms with Gasteiger partial charge in [0.25, 0.3) is 5.91 Å². The van der Waals surface area contributed by atoms with Crippen LogP contribution in [0.4, 0.5) is 0 Å². The number of methoxy groups -OCH3 is 1. The summed E-state index contributed by atoms with van der Waals surface area (Å²) in [6.07, 6.45) is 2.95. The molecule has 21 heavy (non-hydrogen) atoms. The summed E-state index contributed by atoms with van der Waals surface area (Å²) in [4.78, 5) is 11.5. The van der Waals surface area contributed by atoms with Gasteiger partial charge in [-0.3, -0.25) is 4.79 Å². The molecule has 0 aliphatic rings. The summed E-state index contributed by atoms with van der Waals surface area (Å²) >= 11 is 0. The summed E-state index contributed by atoms with van der Waals surface area (Å²) in [5, 5.41) is 2.76. The Labute approximate surface area is 126 Å². The maximum absolute atomic E-state index is 11.5. The molecular formula is C16H25NO4. The van der Waals surface area contributed by atoms with Crippen LogP contribution < -0.4 is 14.8 Å². The molecule has 0 aliphatic carbocycles. The minimum Gasteiger partial charge on any atom is -0.494 e. The van der Waals surface area contributed by atoms with E-state index < -0.39 is 0 Å². The fourth-order valence-corrected chi connectivity index (χ4v) is 1.61. The van der Waals surface area contributed by atoms with E-state index in [-0.39, 0.29) is 12.5 Å². The van der Waals surface area contributed by atoms with Crippen molar-refractivity contribution in [1.29, 1.82) is 0 Å². The molecule has 0 heterocycles. The summed E-state index contributed by atoms with van der Waals surface area (Å²) in [5.74, 6) is 1.35. The second-order valence-electron chi connectivity index (χ2n) is 4.66. The van der Waals surface area contributed by atoms with Crippen LogP contribution in [0.1, 0.15) is 26.2 Å². The summed E-state index contributed by atoms with van der Waals surface area (Å²) in [5.41, 5.74) is 0. The Morgan fingerprint density at radius 2 is 1.71 bits per heavy atom. The number of carbonyl (C=O) groups excluding carboxylic acids is 1. The van der Waals surface area contributed by atoms with Crippen molar-refractivity contribution in [1.82, 2.24) is 5.32 Å². The minimum absolute atomic E-state index is 0.0169. The predicted molar refractivity (Wildman–Crippen MR) is 81.8 cm³/mol. The van der Waals surface area contributed by atoms with Gasteiger partial charge >= 0.3 is 0 Å². The largest absolute Gasteiger partial charge is 0.494 e. The molecule has 5 nitrogen and oxygen atoms in total. The Hall–Kier alpha value is -1.75. The average molecular weight is 295 g/mol. The molecule has 1 rings (SSSR count). The molecule has 0 saturated carbocycles. The molecule has 0 saturated heterocycles. The van der Waals surface area contributed by atoms with Crippen molar-refractivity contribution in [2.24, 2.45) is 0 Å². The first-order valence-electron chi connectivity index (χ1n) is 7.37. The Kier molecular flexibility index (Phi) is 9.04. The third kappa shape index (κ3) is 8.19. The van der Waals surface area contributed by atoms with Gasteiger partial charge in [0, 0.05) is 20.3 Å². The topological polar surface area (TPSA) is 56.8 Å². The van der Waals surface area contributed by atoms with Crippen LogP contribution in [0.15, 0.2) is 24.3 Å². The fraction of sp³-hybridized carbons (Fsp3) is 0.562. The van der Waals surface area contributed by atoms with Crippen molar-refractivity contribution >= 4 is 5.91 Å². The van der Waals surface area contributed by atoms with Crippen molar-refractivity contribution in [2.75, 3.05) is 33.5 Å². The maximum atomic E-state index is 11.5. The number of carbonyl (C=O) groups is 1. The van der Waals surface area contributed by atoms with Gasteiger partial charge in [-0.2, -0.15) is 0 Å². The molecule has 0 bridgehead atoms. The molecule has 0 aromatic heterocycles. The van der Waals surface area contributed by atoms with Crippen molar-refractivity contribution < 1.29 is 19.0 Å². The first kappa shape index (κ1) is 17.3.